The molecule has 13 heteroatoms. The van der Waals surface area contributed by atoms with Gasteiger partial charge in [0.15, 0.2) is 17.6 Å². The lowest BCUT2D eigenvalue weighted by Gasteiger charge is -2.39. The minimum absolute atomic E-state index is 0.0160. The van der Waals surface area contributed by atoms with Crippen molar-refractivity contribution in [1.82, 2.24) is 0 Å². The quantitative estimate of drug-likeness (QED) is 0.196. The van der Waals surface area contributed by atoms with Crippen molar-refractivity contribution >= 4 is 16.9 Å². The molecular formula is C25H26O13. The summed E-state index contributed by atoms with van der Waals surface area (Å²) in [6, 6.07) is 9.65. The number of aliphatic carboxylic acids is 1. The number of ether oxygens (including phenoxy) is 4. The molecule has 1 fully saturated rings. The molecule has 1 aromatic heterocycles. The van der Waals surface area contributed by atoms with Crippen LogP contribution >= 0.6 is 0 Å². The van der Waals surface area contributed by atoms with Gasteiger partial charge in [0.05, 0.1) is 13.7 Å². The van der Waals surface area contributed by atoms with Gasteiger partial charge in [-0.1, -0.05) is 0 Å². The molecule has 2 aromatic carbocycles. The van der Waals surface area contributed by atoms with Crippen LogP contribution in [0.25, 0.3) is 11.0 Å². The number of aromatic hydroxyl groups is 1. The fourth-order valence-electron chi connectivity index (χ4n) is 3.97. The van der Waals surface area contributed by atoms with E-state index in [0.29, 0.717) is 5.39 Å². The van der Waals surface area contributed by atoms with Gasteiger partial charge in [-0.05, 0) is 24.3 Å². The van der Waals surface area contributed by atoms with Gasteiger partial charge in [0.2, 0.25) is 6.29 Å². The molecule has 0 aliphatic carbocycles. The third kappa shape index (κ3) is 5.66. The molecule has 0 amide bonds. The fourth-order valence-corrected chi connectivity index (χ4v) is 3.97. The summed E-state index contributed by atoms with van der Waals surface area (Å²) < 4.78 is 26.9. The van der Waals surface area contributed by atoms with Crippen LogP contribution in [0.3, 0.4) is 0 Å². The average Bonchev–Trinajstić information content (AvgIpc) is 2.89. The van der Waals surface area contributed by atoms with Gasteiger partial charge in [-0.2, -0.15) is 0 Å². The Morgan fingerprint density at radius 2 is 1.76 bits per heavy atom. The van der Waals surface area contributed by atoms with Crippen molar-refractivity contribution in [3.05, 3.63) is 58.4 Å². The number of benzene rings is 2. The lowest BCUT2D eigenvalue weighted by Crippen LogP contribution is -2.60. The van der Waals surface area contributed by atoms with Gasteiger partial charge in [-0.3, -0.25) is 0 Å². The second kappa shape index (κ2) is 11.2. The molecule has 1 saturated heterocycles. The molecule has 6 N–H and O–H groups in total. The molecule has 13 nitrogen and oxygen atoms in total. The molecule has 0 spiro atoms. The monoisotopic (exact) mass is 534 g/mol. The summed E-state index contributed by atoms with van der Waals surface area (Å²) in [6.45, 7) is -0.688. The predicted molar refractivity (Wildman–Crippen MR) is 127 cm³/mol. The van der Waals surface area contributed by atoms with E-state index in [2.05, 4.69) is 0 Å². The Bertz CT molecular complexity index is 1350. The van der Waals surface area contributed by atoms with E-state index in [1.165, 1.54) is 31.4 Å². The van der Waals surface area contributed by atoms with E-state index in [-0.39, 0.29) is 40.6 Å². The van der Waals surface area contributed by atoms with Crippen molar-refractivity contribution in [3.63, 3.8) is 0 Å². The van der Waals surface area contributed by atoms with Gasteiger partial charge in [-0.15, -0.1) is 0 Å². The van der Waals surface area contributed by atoms with E-state index < -0.39 is 55.0 Å². The highest BCUT2D eigenvalue weighted by Gasteiger charge is 2.45. The highest BCUT2D eigenvalue weighted by molar-refractivity contribution is 5.78. The SMILES string of the molecule is COc1cc(C[C@@H](Oc2ccc3ccc(=O)oc3c2)C(=O)O)c(O[C@H]2O[C@H](CO)[C@@H](O)[C@H](O)[C@H]2O)cc1O. The van der Waals surface area contributed by atoms with Crippen LogP contribution in [0.4, 0.5) is 0 Å². The molecule has 6 atom stereocenters. The van der Waals surface area contributed by atoms with Crippen LogP contribution in [-0.4, -0.2) is 87.1 Å². The van der Waals surface area contributed by atoms with Crippen molar-refractivity contribution in [1.29, 1.82) is 0 Å². The van der Waals surface area contributed by atoms with Crippen LogP contribution in [0.1, 0.15) is 5.56 Å². The van der Waals surface area contributed by atoms with E-state index in [0.717, 1.165) is 6.07 Å². The first-order valence-corrected chi connectivity index (χ1v) is 11.4. The normalized spacial score (nSPS) is 24.1. The van der Waals surface area contributed by atoms with Crippen molar-refractivity contribution in [2.24, 2.45) is 0 Å². The maximum atomic E-state index is 12.1. The van der Waals surface area contributed by atoms with Crippen molar-refractivity contribution in [2.45, 2.75) is 43.2 Å². The number of aliphatic hydroxyl groups excluding tert-OH is 4. The van der Waals surface area contributed by atoms with E-state index >= 15 is 0 Å². The smallest absolute Gasteiger partial charge is 0.345 e. The van der Waals surface area contributed by atoms with Gasteiger partial charge in [0.25, 0.3) is 0 Å². The van der Waals surface area contributed by atoms with Crippen LogP contribution in [0.15, 0.2) is 51.7 Å². The fraction of sp³-hybridized carbons (Fsp3) is 0.360. The number of rotatable bonds is 9. The molecule has 2 heterocycles. The zero-order chi connectivity index (χ0) is 27.6. The molecule has 204 valence electrons. The molecule has 0 radical (unpaired) electrons. The number of carbonyl (C=O) groups is 1. The number of methoxy groups -OCH3 is 1. The first kappa shape index (κ1) is 27.2. The Morgan fingerprint density at radius 1 is 1.03 bits per heavy atom. The van der Waals surface area contributed by atoms with Gasteiger partial charge in [-0.25, -0.2) is 9.59 Å². The Balaban J connectivity index is 1.63. The van der Waals surface area contributed by atoms with E-state index in [4.69, 9.17) is 23.4 Å². The molecule has 1 aliphatic rings. The third-order valence-electron chi connectivity index (χ3n) is 6.01. The van der Waals surface area contributed by atoms with E-state index in [1.807, 2.05) is 0 Å². The number of carboxylic acid groups (broad SMARTS) is 1. The maximum absolute atomic E-state index is 12.1. The summed E-state index contributed by atoms with van der Waals surface area (Å²) in [5, 5.41) is 60.5. The minimum Gasteiger partial charge on any atom is -0.504 e. The topological polar surface area (TPSA) is 206 Å². The van der Waals surface area contributed by atoms with E-state index in [1.54, 1.807) is 12.1 Å². The summed E-state index contributed by atoms with van der Waals surface area (Å²) in [5.41, 5.74) is -0.246. The summed E-state index contributed by atoms with van der Waals surface area (Å²) in [5.74, 6) is -1.80. The van der Waals surface area contributed by atoms with Gasteiger partial charge < -0.3 is 54.0 Å². The number of carboxylic acids is 1. The molecule has 0 bridgehead atoms. The van der Waals surface area contributed by atoms with Gasteiger partial charge >= 0.3 is 11.6 Å². The average molecular weight is 534 g/mol. The summed E-state index contributed by atoms with van der Waals surface area (Å²) in [4.78, 5) is 23.6. The van der Waals surface area contributed by atoms with Crippen molar-refractivity contribution < 1.29 is 58.8 Å². The summed E-state index contributed by atoms with van der Waals surface area (Å²) in [7, 11) is 1.28. The Hall–Kier alpha value is -3.88. The lowest BCUT2D eigenvalue weighted by molar-refractivity contribution is -0.277. The number of aliphatic hydroxyl groups is 4. The predicted octanol–water partition coefficient (Wildman–Crippen LogP) is -0.239. The molecule has 3 aromatic rings. The molecule has 0 saturated carbocycles. The number of hydrogen-bond acceptors (Lipinski definition) is 12. The summed E-state index contributed by atoms with van der Waals surface area (Å²) in [6.07, 6.45) is -9.77. The molecule has 0 unspecified atom stereocenters. The Morgan fingerprint density at radius 3 is 2.45 bits per heavy atom. The molecule has 4 rings (SSSR count). The maximum Gasteiger partial charge on any atom is 0.345 e. The number of phenols is 1. The van der Waals surface area contributed by atoms with Crippen LogP contribution in [0.5, 0.6) is 23.0 Å². The zero-order valence-corrected chi connectivity index (χ0v) is 20.0. The highest BCUT2D eigenvalue weighted by atomic mass is 16.7. The second-order valence-electron chi connectivity index (χ2n) is 8.55. The summed E-state index contributed by atoms with van der Waals surface area (Å²) >= 11 is 0. The van der Waals surface area contributed by atoms with Gasteiger partial charge in [0.1, 0.15) is 41.5 Å². The van der Waals surface area contributed by atoms with Crippen LogP contribution in [0, 0.1) is 0 Å². The van der Waals surface area contributed by atoms with Crippen LogP contribution in [-0.2, 0) is 16.0 Å². The van der Waals surface area contributed by atoms with Crippen molar-refractivity contribution in [3.8, 4) is 23.0 Å². The van der Waals surface area contributed by atoms with Crippen LogP contribution in [0.2, 0.25) is 0 Å². The zero-order valence-electron chi connectivity index (χ0n) is 20.0. The van der Waals surface area contributed by atoms with Gasteiger partial charge in [0, 0.05) is 35.6 Å². The second-order valence-corrected chi connectivity index (χ2v) is 8.55. The number of phenolic OH excluding ortho intramolecular Hbond substituents is 1. The standard InChI is InChI=1S/C25H26O13/c1-34-17-6-12(16(9-14(17)27)37-25-23(31)22(30)21(29)19(10-26)38-25)7-18(24(32)33)35-13-4-2-11-3-5-20(28)36-15(11)8-13/h2-6,8-9,18-19,21-23,25-27,29-31H,7,10H2,1H3,(H,32,33)/t18-,19-,21-,22+,23-,25+/m1/s1. The highest BCUT2D eigenvalue weighted by Crippen LogP contribution is 2.37. The first-order valence-electron chi connectivity index (χ1n) is 11.4. The minimum atomic E-state index is -1.75. The largest absolute Gasteiger partial charge is 0.504 e. The third-order valence-corrected chi connectivity index (χ3v) is 6.01. The lowest BCUT2D eigenvalue weighted by atomic mass is 9.99. The first-order chi connectivity index (χ1) is 18.1. The van der Waals surface area contributed by atoms with Crippen LogP contribution < -0.4 is 19.8 Å². The Kier molecular flexibility index (Phi) is 8.04. The number of hydrogen-bond donors (Lipinski definition) is 6. The molecular weight excluding hydrogens is 508 g/mol. The number of fused-ring (bicyclic) bond motifs is 1. The Labute approximate surface area is 214 Å². The van der Waals surface area contributed by atoms with Crippen molar-refractivity contribution in [2.75, 3.05) is 13.7 Å². The molecule has 1 aliphatic heterocycles. The van der Waals surface area contributed by atoms with E-state index in [9.17, 15) is 40.2 Å². The molecule has 38 heavy (non-hydrogen) atoms.